The first-order valence-corrected chi connectivity index (χ1v) is 9.98. The molecule has 0 unspecified atom stereocenters. The fourth-order valence-electron chi connectivity index (χ4n) is 3.29. The molecule has 3 heterocycles. The topological polar surface area (TPSA) is 133 Å². The Balaban J connectivity index is 1.58. The maximum absolute atomic E-state index is 14.2. The summed E-state index contributed by atoms with van der Waals surface area (Å²) in [5, 5.41) is 12.9. The third-order valence-corrected chi connectivity index (χ3v) is 4.88. The van der Waals surface area contributed by atoms with Crippen molar-refractivity contribution in [2.45, 2.75) is 6.54 Å². The van der Waals surface area contributed by atoms with Gasteiger partial charge in [0.2, 0.25) is 0 Å². The van der Waals surface area contributed by atoms with E-state index in [-0.39, 0.29) is 35.4 Å². The quantitative estimate of drug-likeness (QED) is 0.378. The summed E-state index contributed by atoms with van der Waals surface area (Å²) < 4.78 is 29.6. The molecule has 2 aromatic carbocycles. The van der Waals surface area contributed by atoms with Crippen LogP contribution in [0.4, 0.5) is 31.8 Å². The highest BCUT2D eigenvalue weighted by atomic mass is 19.1. The number of aromatic nitrogens is 5. The lowest BCUT2D eigenvalue weighted by atomic mass is 10.2. The van der Waals surface area contributed by atoms with Crippen LogP contribution in [0.1, 0.15) is 5.56 Å². The molecular formula is C23H15F2N9. The summed E-state index contributed by atoms with van der Waals surface area (Å²) in [5.74, 6) is -1.10. The Morgan fingerprint density at radius 3 is 2.44 bits per heavy atom. The SMILES string of the molecule is Nc1nc(-c2nn(Cc3cc#ccc3F)c3ncc(F)cc23)nc(N)c1/N=N/c1ccccc1. The molecule has 4 N–H and O–H groups in total. The van der Waals surface area contributed by atoms with Gasteiger partial charge in [0.05, 0.1) is 23.8 Å². The Kier molecular flexibility index (Phi) is 5.23. The van der Waals surface area contributed by atoms with E-state index in [1.165, 1.54) is 22.9 Å². The van der Waals surface area contributed by atoms with Gasteiger partial charge in [-0.15, -0.1) is 5.11 Å². The van der Waals surface area contributed by atoms with E-state index in [0.717, 1.165) is 6.20 Å². The van der Waals surface area contributed by atoms with Crippen LogP contribution in [0.15, 0.2) is 65.0 Å². The van der Waals surface area contributed by atoms with E-state index in [1.54, 1.807) is 12.1 Å². The molecule has 0 amide bonds. The van der Waals surface area contributed by atoms with Gasteiger partial charge in [-0.1, -0.05) is 30.3 Å². The Morgan fingerprint density at radius 2 is 1.71 bits per heavy atom. The number of nitrogens with zero attached hydrogens (tertiary/aromatic N) is 7. The molecule has 0 saturated heterocycles. The number of hydrogen-bond donors (Lipinski definition) is 2. The minimum absolute atomic E-state index is 0.0144. The zero-order chi connectivity index (χ0) is 23.7. The number of anilines is 2. The van der Waals surface area contributed by atoms with E-state index < -0.39 is 11.6 Å². The molecule has 5 aromatic rings. The van der Waals surface area contributed by atoms with Crippen molar-refractivity contribution in [3.63, 3.8) is 0 Å². The monoisotopic (exact) mass is 455 g/mol. The van der Waals surface area contributed by atoms with Crippen molar-refractivity contribution in [1.29, 1.82) is 0 Å². The lowest BCUT2D eigenvalue weighted by molar-refractivity contribution is 0.589. The maximum atomic E-state index is 14.2. The Labute approximate surface area is 191 Å². The Morgan fingerprint density at radius 1 is 0.971 bits per heavy atom. The van der Waals surface area contributed by atoms with Crippen LogP contribution in [0.25, 0.3) is 22.6 Å². The molecule has 0 atom stereocenters. The summed E-state index contributed by atoms with van der Waals surface area (Å²) in [7, 11) is 0. The summed E-state index contributed by atoms with van der Waals surface area (Å²) in [5.41, 5.74) is 13.6. The number of benzene rings is 1. The number of hydrogen-bond acceptors (Lipinski definition) is 8. The Bertz CT molecular complexity index is 1510. The van der Waals surface area contributed by atoms with Crippen LogP contribution in [-0.2, 0) is 6.54 Å². The number of fused-ring (bicyclic) bond motifs is 1. The minimum atomic E-state index is -0.587. The molecule has 34 heavy (non-hydrogen) atoms. The first kappa shape index (κ1) is 20.9. The summed E-state index contributed by atoms with van der Waals surface area (Å²) in [6.07, 6.45) is 1.04. The van der Waals surface area contributed by atoms with Crippen LogP contribution < -0.4 is 11.5 Å². The van der Waals surface area contributed by atoms with Crippen LogP contribution in [0.5, 0.6) is 0 Å². The van der Waals surface area contributed by atoms with Crippen molar-refractivity contribution in [3.8, 4) is 11.5 Å². The van der Waals surface area contributed by atoms with Gasteiger partial charge < -0.3 is 11.5 Å². The van der Waals surface area contributed by atoms with Crippen molar-refractivity contribution < 1.29 is 8.78 Å². The minimum Gasteiger partial charge on any atom is -0.382 e. The maximum Gasteiger partial charge on any atom is 0.184 e. The zero-order valence-corrected chi connectivity index (χ0v) is 17.4. The zero-order valence-electron chi connectivity index (χ0n) is 17.4. The van der Waals surface area contributed by atoms with E-state index in [2.05, 4.69) is 42.4 Å². The first-order valence-electron chi connectivity index (χ1n) is 9.98. The first-order chi connectivity index (χ1) is 16.5. The second kappa shape index (κ2) is 8.51. The van der Waals surface area contributed by atoms with Gasteiger partial charge in [0.1, 0.15) is 17.3 Å². The van der Waals surface area contributed by atoms with Crippen molar-refractivity contribution in [3.05, 3.63) is 84.1 Å². The summed E-state index contributed by atoms with van der Waals surface area (Å²) in [6, 6.07) is 18.1. The standard InChI is InChI=1S/C23H15F2N9/c24-14-10-16-18(33-34(23(16)28-11-14)12-13-6-4-5-9-17(13)25)22-29-20(26)19(21(27)30-22)32-31-15-7-2-1-3-8-15/h1-3,6-11H,12H2,(H4,26,27,29,30)/b32-31+. The lowest BCUT2D eigenvalue weighted by Gasteiger charge is -2.05. The second-order valence-electron chi connectivity index (χ2n) is 7.18. The molecule has 0 spiro atoms. The van der Waals surface area contributed by atoms with Crippen LogP contribution >= 0.6 is 0 Å². The van der Waals surface area contributed by atoms with Crippen molar-refractivity contribution >= 4 is 34.0 Å². The average molecular weight is 455 g/mol. The number of nitrogen functional groups attached to an aromatic ring is 2. The molecule has 9 nitrogen and oxygen atoms in total. The predicted molar refractivity (Wildman–Crippen MR) is 121 cm³/mol. The van der Waals surface area contributed by atoms with Gasteiger partial charge in [0.25, 0.3) is 0 Å². The third-order valence-electron chi connectivity index (χ3n) is 4.88. The highest BCUT2D eigenvalue weighted by Gasteiger charge is 2.20. The molecule has 0 radical (unpaired) electrons. The van der Waals surface area contributed by atoms with E-state index >= 15 is 0 Å². The van der Waals surface area contributed by atoms with Crippen LogP contribution in [0.3, 0.4) is 0 Å². The molecule has 3 aromatic heterocycles. The number of halogens is 2. The van der Waals surface area contributed by atoms with Gasteiger partial charge in [0, 0.05) is 11.6 Å². The largest absolute Gasteiger partial charge is 0.382 e. The van der Waals surface area contributed by atoms with E-state index in [0.29, 0.717) is 22.3 Å². The molecule has 0 aliphatic heterocycles. The predicted octanol–water partition coefficient (Wildman–Crippen LogP) is 4.39. The van der Waals surface area contributed by atoms with Crippen molar-refractivity contribution in [2.75, 3.05) is 11.5 Å². The smallest absolute Gasteiger partial charge is 0.184 e. The van der Waals surface area contributed by atoms with Gasteiger partial charge in [-0.25, -0.2) is 28.4 Å². The molecule has 0 bridgehead atoms. The number of pyridine rings is 1. The van der Waals surface area contributed by atoms with E-state index in [9.17, 15) is 8.78 Å². The average Bonchev–Trinajstić information content (AvgIpc) is 3.18. The van der Waals surface area contributed by atoms with Gasteiger partial charge in [-0.05, 0) is 24.3 Å². The van der Waals surface area contributed by atoms with Gasteiger partial charge in [-0.3, -0.25) is 0 Å². The summed E-state index contributed by atoms with van der Waals surface area (Å²) in [6.45, 7) is 0.0144. The highest BCUT2D eigenvalue weighted by Crippen LogP contribution is 2.33. The number of azo groups is 1. The van der Waals surface area contributed by atoms with Crippen molar-refractivity contribution in [2.24, 2.45) is 10.2 Å². The fourth-order valence-corrected chi connectivity index (χ4v) is 3.29. The van der Waals surface area contributed by atoms with E-state index in [4.69, 9.17) is 11.5 Å². The molecule has 0 fully saturated rings. The molecule has 166 valence electrons. The summed E-state index contributed by atoms with van der Waals surface area (Å²) in [4.78, 5) is 12.6. The fraction of sp³-hybridized carbons (Fsp3) is 0.0435. The van der Waals surface area contributed by atoms with Crippen LogP contribution in [0.2, 0.25) is 0 Å². The normalized spacial score (nSPS) is 11.2. The highest BCUT2D eigenvalue weighted by molar-refractivity contribution is 5.90. The van der Waals surface area contributed by atoms with Crippen LogP contribution in [0, 0.1) is 23.8 Å². The Hall–Kier alpha value is -4.98. The van der Waals surface area contributed by atoms with Crippen molar-refractivity contribution in [1.82, 2.24) is 24.7 Å². The van der Waals surface area contributed by atoms with Gasteiger partial charge >= 0.3 is 0 Å². The van der Waals surface area contributed by atoms with Crippen LogP contribution in [-0.4, -0.2) is 24.7 Å². The van der Waals surface area contributed by atoms with E-state index in [1.807, 2.05) is 18.2 Å². The molecule has 0 aliphatic rings. The summed E-state index contributed by atoms with van der Waals surface area (Å²) >= 11 is 0. The molecule has 5 rings (SSSR count). The molecule has 11 heteroatoms. The molecular weight excluding hydrogens is 440 g/mol. The molecule has 0 aliphatic carbocycles. The third kappa shape index (κ3) is 3.95. The lowest BCUT2D eigenvalue weighted by Crippen LogP contribution is -2.05. The number of nitrogens with two attached hydrogens (primary N) is 2. The van der Waals surface area contributed by atoms with Gasteiger partial charge in [-0.2, -0.15) is 10.2 Å². The molecule has 0 saturated carbocycles. The van der Waals surface area contributed by atoms with Gasteiger partial charge in [0.15, 0.2) is 28.8 Å². The number of rotatable bonds is 5. The second-order valence-corrected chi connectivity index (χ2v) is 7.18.